The molecule has 4 atom stereocenters. The van der Waals surface area contributed by atoms with Crippen LogP contribution in [0.25, 0.3) is 0 Å². The summed E-state index contributed by atoms with van der Waals surface area (Å²) in [6.07, 6.45) is 9.78. The summed E-state index contributed by atoms with van der Waals surface area (Å²) in [4.78, 5) is 2.94. The van der Waals surface area contributed by atoms with E-state index in [1.54, 1.807) is 0 Å². The predicted octanol–water partition coefficient (Wildman–Crippen LogP) is 3.81. The Labute approximate surface area is 125 Å². The fraction of sp³-hybridized carbons (Fsp3) is 1.00. The van der Waals surface area contributed by atoms with Gasteiger partial charge in [-0.1, -0.05) is 27.7 Å². The van der Waals surface area contributed by atoms with Crippen molar-refractivity contribution < 1.29 is 0 Å². The lowest BCUT2D eigenvalue weighted by Crippen LogP contribution is -2.52. The quantitative estimate of drug-likeness (QED) is 0.841. The highest BCUT2D eigenvalue weighted by Crippen LogP contribution is 2.45. The Kier molecular flexibility index (Phi) is 4.16. The molecule has 116 valence electrons. The Balaban J connectivity index is 1.72. The number of nitrogens with zero attached hydrogens (tertiary/aromatic N) is 1. The van der Waals surface area contributed by atoms with Crippen molar-refractivity contribution in [2.45, 2.75) is 96.8 Å². The maximum atomic E-state index is 3.81. The summed E-state index contributed by atoms with van der Waals surface area (Å²) in [6.45, 7) is 11.1. The molecule has 2 bridgehead atoms. The van der Waals surface area contributed by atoms with E-state index < -0.39 is 0 Å². The van der Waals surface area contributed by atoms with Crippen LogP contribution in [0.15, 0.2) is 0 Å². The fourth-order valence-electron chi connectivity index (χ4n) is 5.48. The molecule has 0 radical (unpaired) electrons. The minimum absolute atomic E-state index is 0.558. The zero-order valence-electron chi connectivity index (χ0n) is 14.0. The SMILES string of the molecule is CCCN(C1CC2CCC(C1)N2)C1CC(C)(C)CC1C. The molecule has 3 rings (SSSR count). The fourth-order valence-corrected chi connectivity index (χ4v) is 5.48. The Bertz CT molecular complexity index is 326. The molecule has 0 amide bonds. The number of fused-ring (bicyclic) bond motifs is 2. The molecule has 4 unspecified atom stereocenters. The molecule has 3 fully saturated rings. The zero-order chi connectivity index (χ0) is 14.3. The highest BCUT2D eigenvalue weighted by Gasteiger charge is 2.44. The Morgan fingerprint density at radius 2 is 1.75 bits per heavy atom. The van der Waals surface area contributed by atoms with Crippen LogP contribution in [0, 0.1) is 11.3 Å². The average molecular weight is 278 g/mol. The van der Waals surface area contributed by atoms with E-state index in [9.17, 15) is 0 Å². The number of piperidine rings is 1. The molecule has 0 aromatic rings. The summed E-state index contributed by atoms with van der Waals surface area (Å²) < 4.78 is 0. The van der Waals surface area contributed by atoms with Crippen molar-refractivity contribution in [1.82, 2.24) is 10.2 Å². The molecule has 3 aliphatic rings. The number of hydrogen-bond acceptors (Lipinski definition) is 2. The Morgan fingerprint density at radius 3 is 2.25 bits per heavy atom. The molecule has 20 heavy (non-hydrogen) atoms. The van der Waals surface area contributed by atoms with Crippen LogP contribution in [0.1, 0.15) is 72.6 Å². The van der Waals surface area contributed by atoms with E-state index >= 15 is 0 Å². The van der Waals surface area contributed by atoms with Crippen molar-refractivity contribution in [2.75, 3.05) is 6.54 Å². The highest BCUT2D eigenvalue weighted by molar-refractivity contribution is 5.00. The molecule has 0 spiro atoms. The minimum atomic E-state index is 0.558. The highest BCUT2D eigenvalue weighted by atomic mass is 15.2. The standard InChI is InChI=1S/C18H34N2/c1-5-8-20(17-12-18(3,4)11-13(17)2)16-9-14-6-7-15(10-16)19-14/h13-17,19H,5-12H2,1-4H3. The first-order valence-electron chi connectivity index (χ1n) is 9.00. The molecule has 2 saturated heterocycles. The third kappa shape index (κ3) is 2.92. The molecule has 1 N–H and O–H groups in total. The third-order valence-corrected chi connectivity index (χ3v) is 6.12. The van der Waals surface area contributed by atoms with Crippen molar-refractivity contribution in [1.29, 1.82) is 0 Å². The second-order valence-corrected chi connectivity index (χ2v) is 8.62. The summed E-state index contributed by atoms with van der Waals surface area (Å²) in [5, 5.41) is 3.81. The van der Waals surface area contributed by atoms with Crippen LogP contribution in [0.5, 0.6) is 0 Å². The first kappa shape index (κ1) is 14.8. The van der Waals surface area contributed by atoms with E-state index in [2.05, 4.69) is 37.9 Å². The van der Waals surface area contributed by atoms with Crippen LogP contribution in [0.4, 0.5) is 0 Å². The van der Waals surface area contributed by atoms with Gasteiger partial charge in [-0.2, -0.15) is 0 Å². The normalized spacial score (nSPS) is 43.4. The monoisotopic (exact) mass is 278 g/mol. The maximum absolute atomic E-state index is 3.81. The van der Waals surface area contributed by atoms with Crippen molar-refractivity contribution in [2.24, 2.45) is 11.3 Å². The number of nitrogens with one attached hydrogen (secondary N) is 1. The smallest absolute Gasteiger partial charge is 0.0129 e. The lowest BCUT2D eigenvalue weighted by atomic mass is 9.90. The van der Waals surface area contributed by atoms with E-state index in [1.807, 2.05) is 0 Å². The van der Waals surface area contributed by atoms with E-state index in [-0.39, 0.29) is 0 Å². The molecule has 0 aromatic heterocycles. The zero-order valence-corrected chi connectivity index (χ0v) is 14.0. The summed E-state index contributed by atoms with van der Waals surface area (Å²) in [5.41, 5.74) is 0.558. The number of hydrogen-bond donors (Lipinski definition) is 1. The van der Waals surface area contributed by atoms with Gasteiger partial charge in [0.1, 0.15) is 0 Å². The second kappa shape index (κ2) is 5.61. The van der Waals surface area contributed by atoms with Crippen molar-refractivity contribution in [3.05, 3.63) is 0 Å². The maximum Gasteiger partial charge on any atom is 0.0129 e. The molecule has 1 aliphatic carbocycles. The van der Waals surface area contributed by atoms with Gasteiger partial charge in [-0.15, -0.1) is 0 Å². The van der Waals surface area contributed by atoms with E-state index in [0.717, 1.165) is 30.1 Å². The van der Waals surface area contributed by atoms with Gasteiger partial charge in [0.25, 0.3) is 0 Å². The van der Waals surface area contributed by atoms with Gasteiger partial charge in [0.15, 0.2) is 0 Å². The third-order valence-electron chi connectivity index (χ3n) is 6.12. The molecule has 2 heteroatoms. The van der Waals surface area contributed by atoms with Crippen LogP contribution < -0.4 is 5.32 Å². The Morgan fingerprint density at radius 1 is 1.10 bits per heavy atom. The van der Waals surface area contributed by atoms with Crippen molar-refractivity contribution in [3.63, 3.8) is 0 Å². The van der Waals surface area contributed by atoms with E-state index in [0.29, 0.717) is 5.41 Å². The van der Waals surface area contributed by atoms with Gasteiger partial charge in [0.05, 0.1) is 0 Å². The predicted molar refractivity (Wildman–Crippen MR) is 85.9 cm³/mol. The van der Waals surface area contributed by atoms with Crippen LogP contribution in [0.3, 0.4) is 0 Å². The number of rotatable bonds is 4. The summed E-state index contributed by atoms with van der Waals surface area (Å²) in [6, 6.07) is 3.34. The van der Waals surface area contributed by atoms with Crippen molar-refractivity contribution >= 4 is 0 Å². The molecule has 1 saturated carbocycles. The van der Waals surface area contributed by atoms with Gasteiger partial charge >= 0.3 is 0 Å². The molecular weight excluding hydrogens is 244 g/mol. The van der Waals surface area contributed by atoms with E-state index in [1.165, 1.54) is 51.5 Å². The average Bonchev–Trinajstić information content (AvgIpc) is 2.85. The topological polar surface area (TPSA) is 15.3 Å². The molecule has 0 aromatic carbocycles. The van der Waals surface area contributed by atoms with Gasteiger partial charge in [0, 0.05) is 24.2 Å². The van der Waals surface area contributed by atoms with Gasteiger partial charge in [-0.05, 0) is 62.8 Å². The van der Waals surface area contributed by atoms with Gasteiger partial charge < -0.3 is 5.32 Å². The van der Waals surface area contributed by atoms with E-state index in [4.69, 9.17) is 0 Å². The molecule has 2 aliphatic heterocycles. The minimum Gasteiger partial charge on any atom is -0.311 e. The Hall–Kier alpha value is -0.0800. The van der Waals surface area contributed by atoms with Gasteiger partial charge in [-0.3, -0.25) is 4.90 Å². The van der Waals surface area contributed by atoms with Crippen LogP contribution >= 0.6 is 0 Å². The molecule has 2 heterocycles. The van der Waals surface area contributed by atoms with Gasteiger partial charge in [-0.25, -0.2) is 0 Å². The van der Waals surface area contributed by atoms with Crippen LogP contribution in [0.2, 0.25) is 0 Å². The first-order chi connectivity index (χ1) is 9.48. The van der Waals surface area contributed by atoms with Crippen molar-refractivity contribution in [3.8, 4) is 0 Å². The van der Waals surface area contributed by atoms with Crippen LogP contribution in [-0.2, 0) is 0 Å². The summed E-state index contributed by atoms with van der Waals surface area (Å²) >= 11 is 0. The van der Waals surface area contributed by atoms with Crippen LogP contribution in [-0.4, -0.2) is 35.6 Å². The second-order valence-electron chi connectivity index (χ2n) is 8.62. The van der Waals surface area contributed by atoms with Gasteiger partial charge in [0.2, 0.25) is 0 Å². The first-order valence-corrected chi connectivity index (χ1v) is 9.00. The summed E-state index contributed by atoms with van der Waals surface area (Å²) in [5.74, 6) is 0.879. The lowest BCUT2D eigenvalue weighted by Gasteiger charge is -2.42. The lowest BCUT2D eigenvalue weighted by molar-refractivity contribution is 0.0743. The summed E-state index contributed by atoms with van der Waals surface area (Å²) in [7, 11) is 0. The molecular formula is C18H34N2. The molecule has 2 nitrogen and oxygen atoms in total. The largest absolute Gasteiger partial charge is 0.311 e.